The molecule has 238 valence electrons. The summed E-state index contributed by atoms with van der Waals surface area (Å²) in [5.41, 5.74) is 2.03. The minimum Gasteiger partial charge on any atom is -0.475 e. The SMILES string of the molecule is CN(C)CCCn1cc[n+](CCC[NH+](C)C)c1N=Nc1ccc(N(C)C)cc1.O=C(O)C(F)(F)F.O=C(O)C(F)(F)F. The lowest BCUT2D eigenvalue weighted by atomic mass is 10.3. The molecular formula is C25H39F6N7O4+2. The van der Waals surface area contributed by atoms with E-state index >= 15 is 0 Å². The first-order valence-corrected chi connectivity index (χ1v) is 12.6. The monoisotopic (exact) mass is 615 g/mol. The highest BCUT2D eigenvalue weighted by molar-refractivity contribution is 5.73. The summed E-state index contributed by atoms with van der Waals surface area (Å²) in [4.78, 5) is 23.6. The molecule has 0 atom stereocenters. The number of hydrogen-bond acceptors (Lipinski definition) is 6. The van der Waals surface area contributed by atoms with Crippen molar-refractivity contribution in [1.29, 1.82) is 0 Å². The van der Waals surface area contributed by atoms with Crippen molar-refractivity contribution in [2.45, 2.75) is 38.3 Å². The van der Waals surface area contributed by atoms with E-state index < -0.39 is 24.3 Å². The Labute approximate surface area is 240 Å². The number of carboxylic acids is 2. The molecule has 42 heavy (non-hydrogen) atoms. The van der Waals surface area contributed by atoms with Gasteiger partial charge in [0.1, 0.15) is 5.69 Å². The van der Waals surface area contributed by atoms with Crippen molar-refractivity contribution in [3.63, 3.8) is 0 Å². The summed E-state index contributed by atoms with van der Waals surface area (Å²) >= 11 is 0. The smallest absolute Gasteiger partial charge is 0.475 e. The normalized spacial score (nSPS) is 11.7. The molecule has 0 aliphatic rings. The average molecular weight is 616 g/mol. The van der Waals surface area contributed by atoms with Crippen LogP contribution in [0.1, 0.15) is 12.8 Å². The number of carbonyl (C=O) groups is 2. The lowest BCUT2D eigenvalue weighted by Gasteiger charge is -2.11. The first-order chi connectivity index (χ1) is 19.2. The van der Waals surface area contributed by atoms with Gasteiger partial charge in [-0.2, -0.15) is 26.3 Å². The highest BCUT2D eigenvalue weighted by Crippen LogP contribution is 2.20. The Kier molecular flexibility index (Phi) is 16.4. The Bertz CT molecular complexity index is 1060. The largest absolute Gasteiger partial charge is 0.490 e. The van der Waals surface area contributed by atoms with Crippen molar-refractivity contribution < 1.29 is 55.6 Å². The third kappa shape index (κ3) is 16.5. The van der Waals surface area contributed by atoms with E-state index in [4.69, 9.17) is 19.8 Å². The zero-order valence-corrected chi connectivity index (χ0v) is 24.4. The Balaban J connectivity index is 0.000000990. The van der Waals surface area contributed by atoms with Crippen LogP contribution in [0, 0.1) is 0 Å². The number of nitrogens with zero attached hydrogens (tertiary/aromatic N) is 6. The highest BCUT2D eigenvalue weighted by Gasteiger charge is 2.38. The van der Waals surface area contributed by atoms with Crippen molar-refractivity contribution >= 4 is 29.3 Å². The van der Waals surface area contributed by atoms with E-state index in [2.05, 4.69) is 81.9 Å². The van der Waals surface area contributed by atoms with Crippen LogP contribution in [0.3, 0.4) is 0 Å². The van der Waals surface area contributed by atoms with Gasteiger partial charge in [0, 0.05) is 37.9 Å². The summed E-state index contributed by atoms with van der Waals surface area (Å²) in [5.74, 6) is -4.59. The number of imidazole rings is 1. The number of alkyl halides is 6. The number of nitrogens with one attached hydrogen (secondary N) is 1. The molecule has 0 spiro atoms. The maximum atomic E-state index is 10.6. The first-order valence-electron chi connectivity index (χ1n) is 12.6. The molecule has 0 unspecified atom stereocenters. The maximum absolute atomic E-state index is 10.6. The number of rotatable bonds is 11. The van der Waals surface area contributed by atoms with Crippen molar-refractivity contribution in [2.24, 2.45) is 10.2 Å². The van der Waals surface area contributed by atoms with Crippen LogP contribution in [-0.2, 0) is 22.7 Å². The molecule has 0 saturated carbocycles. The molecule has 0 bridgehead atoms. The Morgan fingerprint density at radius 1 is 0.905 bits per heavy atom. The molecule has 0 amide bonds. The Morgan fingerprint density at radius 3 is 1.81 bits per heavy atom. The van der Waals surface area contributed by atoms with Gasteiger partial charge in [0.25, 0.3) is 0 Å². The second-order valence-corrected chi connectivity index (χ2v) is 9.67. The number of quaternary nitrogens is 1. The molecule has 0 aliphatic carbocycles. The molecule has 0 saturated heterocycles. The average Bonchev–Trinajstić information content (AvgIpc) is 3.23. The fourth-order valence-electron chi connectivity index (χ4n) is 3.00. The molecule has 17 heteroatoms. The number of halogens is 6. The molecule has 0 aliphatic heterocycles. The summed E-state index contributed by atoms with van der Waals surface area (Å²) in [5, 5.41) is 23.4. The zero-order valence-electron chi connectivity index (χ0n) is 24.4. The van der Waals surface area contributed by atoms with Gasteiger partial charge >= 0.3 is 30.2 Å². The summed E-state index contributed by atoms with van der Waals surface area (Å²) in [6.45, 7) is 4.10. The topological polar surface area (TPSA) is 119 Å². The van der Waals surface area contributed by atoms with Crippen molar-refractivity contribution in [2.75, 3.05) is 60.3 Å². The molecule has 1 aromatic heterocycles. The van der Waals surface area contributed by atoms with E-state index in [0.717, 1.165) is 56.3 Å². The molecule has 3 N–H and O–H groups in total. The van der Waals surface area contributed by atoms with Gasteiger partial charge in [-0.1, -0.05) is 5.11 Å². The van der Waals surface area contributed by atoms with Gasteiger partial charge in [0.05, 0.1) is 46.1 Å². The van der Waals surface area contributed by atoms with Crippen molar-refractivity contribution in [3.8, 4) is 0 Å². The minimum absolute atomic E-state index is 0.871. The van der Waals surface area contributed by atoms with Gasteiger partial charge in [0.2, 0.25) is 0 Å². The van der Waals surface area contributed by atoms with Crippen LogP contribution in [0.2, 0.25) is 0 Å². The molecule has 2 aromatic rings. The molecule has 2 rings (SSSR count). The van der Waals surface area contributed by atoms with Gasteiger partial charge in [-0.15, -0.1) is 0 Å². The summed E-state index contributed by atoms with van der Waals surface area (Å²) in [7, 11) is 12.7. The lowest BCUT2D eigenvalue weighted by molar-refractivity contribution is -0.861. The molecule has 0 radical (unpaired) electrons. The molecule has 1 aromatic carbocycles. The Morgan fingerprint density at radius 2 is 1.40 bits per heavy atom. The lowest BCUT2D eigenvalue weighted by Crippen LogP contribution is -3.05. The van der Waals surface area contributed by atoms with E-state index in [1.807, 2.05) is 26.2 Å². The van der Waals surface area contributed by atoms with Crippen LogP contribution < -0.4 is 14.4 Å². The summed E-state index contributed by atoms with van der Waals surface area (Å²) in [6, 6.07) is 8.16. The predicted octanol–water partition coefficient (Wildman–Crippen LogP) is 3.01. The number of aryl methyl sites for hydroxylation is 2. The van der Waals surface area contributed by atoms with Crippen molar-refractivity contribution in [3.05, 3.63) is 36.7 Å². The number of aliphatic carboxylic acids is 2. The van der Waals surface area contributed by atoms with E-state index in [0.29, 0.717) is 0 Å². The highest BCUT2D eigenvalue weighted by atomic mass is 19.4. The van der Waals surface area contributed by atoms with Crippen LogP contribution in [0.25, 0.3) is 0 Å². The van der Waals surface area contributed by atoms with Gasteiger partial charge in [-0.3, -0.25) is 0 Å². The molecule has 0 fully saturated rings. The zero-order chi connectivity index (χ0) is 32.7. The molecular weight excluding hydrogens is 576 g/mol. The second-order valence-electron chi connectivity index (χ2n) is 9.67. The van der Waals surface area contributed by atoms with E-state index in [9.17, 15) is 26.3 Å². The van der Waals surface area contributed by atoms with Gasteiger partial charge < -0.3 is 24.9 Å². The third-order valence-electron chi connectivity index (χ3n) is 5.13. The fourth-order valence-corrected chi connectivity index (χ4v) is 3.00. The predicted molar refractivity (Wildman–Crippen MR) is 142 cm³/mol. The second kappa shape index (κ2) is 17.9. The number of benzene rings is 1. The maximum Gasteiger partial charge on any atom is 0.490 e. The van der Waals surface area contributed by atoms with E-state index in [1.165, 1.54) is 4.90 Å². The van der Waals surface area contributed by atoms with Crippen molar-refractivity contribution in [1.82, 2.24) is 9.47 Å². The molecule has 1 heterocycles. The van der Waals surface area contributed by atoms with Crippen LogP contribution >= 0.6 is 0 Å². The quantitative estimate of drug-likeness (QED) is 0.203. The number of carboxylic acid groups (broad SMARTS) is 2. The summed E-state index contributed by atoms with van der Waals surface area (Å²) < 4.78 is 67.9. The fraction of sp³-hybridized carbons (Fsp3) is 0.560. The molecule has 11 nitrogen and oxygen atoms in total. The number of azo groups is 1. The number of aromatic nitrogens is 2. The summed E-state index contributed by atoms with van der Waals surface area (Å²) in [6.07, 6.45) is -3.70. The minimum atomic E-state index is -5.08. The standard InChI is InChI=1S/C21H36N7.2C2HF3O2/c1-24(2)13-7-15-27-17-18-28(16-8-14-25(3)4)21(27)23-22-19-9-11-20(12-10-19)26(5)6;2*3-2(4,5)1(6)7/h9-12,17-18H,7-8,13-16H2,1-6H3;2*(H,6,7)/q+1;;/p+1. The van der Waals surface area contributed by atoms with Gasteiger partial charge in [-0.25, -0.2) is 18.7 Å². The van der Waals surface area contributed by atoms with Crippen LogP contribution in [0.15, 0.2) is 46.9 Å². The number of anilines is 1. The van der Waals surface area contributed by atoms with Crippen LogP contribution in [-0.4, -0.2) is 99.3 Å². The third-order valence-corrected chi connectivity index (χ3v) is 5.13. The van der Waals surface area contributed by atoms with Gasteiger partial charge in [-0.05, 0) is 44.8 Å². The van der Waals surface area contributed by atoms with Crippen LogP contribution in [0.5, 0.6) is 0 Å². The van der Waals surface area contributed by atoms with E-state index in [-0.39, 0.29) is 0 Å². The van der Waals surface area contributed by atoms with E-state index in [1.54, 1.807) is 0 Å². The van der Waals surface area contributed by atoms with Crippen LogP contribution in [0.4, 0.5) is 43.7 Å². The van der Waals surface area contributed by atoms with Gasteiger partial charge in [0.15, 0.2) is 0 Å². The Hall–Kier alpha value is -3.73. The first kappa shape index (κ1) is 38.3. The number of hydrogen-bond donors (Lipinski definition) is 3.